The Morgan fingerprint density at radius 2 is 1.70 bits per heavy atom. The van der Waals surface area contributed by atoms with Crippen molar-refractivity contribution in [3.05, 3.63) is 53.6 Å². The number of methoxy groups -OCH3 is 1. The molecular weight excluding hydrogens is 364 g/mol. The summed E-state index contributed by atoms with van der Waals surface area (Å²) in [5.41, 5.74) is 1.42. The molecule has 1 saturated heterocycles. The molecule has 2 aromatic rings. The van der Waals surface area contributed by atoms with E-state index < -0.39 is 10.0 Å². The summed E-state index contributed by atoms with van der Waals surface area (Å²) < 4.78 is 33.4. The Labute approximate surface area is 160 Å². The number of benzene rings is 2. The van der Waals surface area contributed by atoms with E-state index >= 15 is 0 Å². The van der Waals surface area contributed by atoms with E-state index in [0.717, 1.165) is 32.4 Å². The SMILES string of the molecule is COc1ccc(NS(=O)(=O)c2cc(C(=O)N3CCCCC3)ccc2C)cc1. The van der Waals surface area contributed by atoms with Crippen molar-refractivity contribution in [2.45, 2.75) is 31.1 Å². The molecule has 0 radical (unpaired) electrons. The monoisotopic (exact) mass is 388 g/mol. The van der Waals surface area contributed by atoms with Gasteiger partial charge >= 0.3 is 0 Å². The largest absolute Gasteiger partial charge is 0.497 e. The molecule has 144 valence electrons. The second kappa shape index (κ2) is 8.00. The average molecular weight is 388 g/mol. The van der Waals surface area contributed by atoms with Crippen LogP contribution in [-0.4, -0.2) is 39.4 Å². The number of piperidine rings is 1. The molecule has 1 N–H and O–H groups in total. The lowest BCUT2D eigenvalue weighted by Crippen LogP contribution is -2.35. The van der Waals surface area contributed by atoms with Gasteiger partial charge < -0.3 is 9.64 Å². The van der Waals surface area contributed by atoms with Gasteiger partial charge in [0.1, 0.15) is 5.75 Å². The maximum atomic E-state index is 12.9. The third-order valence-electron chi connectivity index (χ3n) is 4.71. The van der Waals surface area contributed by atoms with Crippen LogP contribution in [0.3, 0.4) is 0 Å². The van der Waals surface area contributed by atoms with Crippen LogP contribution in [-0.2, 0) is 10.0 Å². The number of amides is 1. The standard InChI is InChI=1S/C20H24N2O4S/c1-15-6-7-16(20(23)22-12-4-3-5-13-22)14-19(15)27(24,25)21-17-8-10-18(26-2)11-9-17/h6-11,14,21H,3-5,12-13H2,1-2H3. The fraction of sp³-hybridized carbons (Fsp3) is 0.350. The first-order valence-corrected chi connectivity index (χ1v) is 10.5. The first-order valence-electron chi connectivity index (χ1n) is 8.97. The number of ether oxygens (including phenoxy) is 1. The van der Waals surface area contributed by atoms with Crippen molar-refractivity contribution in [3.8, 4) is 5.75 Å². The van der Waals surface area contributed by atoms with Crippen LogP contribution in [0.4, 0.5) is 5.69 Å². The van der Waals surface area contributed by atoms with E-state index in [0.29, 0.717) is 22.6 Å². The Hall–Kier alpha value is -2.54. The maximum Gasteiger partial charge on any atom is 0.262 e. The van der Waals surface area contributed by atoms with Gasteiger partial charge in [-0.15, -0.1) is 0 Å². The number of carbonyl (C=O) groups is 1. The summed E-state index contributed by atoms with van der Waals surface area (Å²) >= 11 is 0. The zero-order chi connectivity index (χ0) is 19.4. The van der Waals surface area contributed by atoms with Gasteiger partial charge in [-0.1, -0.05) is 6.07 Å². The van der Waals surface area contributed by atoms with E-state index in [-0.39, 0.29) is 10.8 Å². The van der Waals surface area contributed by atoms with Crippen molar-refractivity contribution in [2.75, 3.05) is 24.9 Å². The third kappa shape index (κ3) is 4.42. The van der Waals surface area contributed by atoms with Gasteiger partial charge in [-0.2, -0.15) is 0 Å². The van der Waals surface area contributed by atoms with E-state index in [4.69, 9.17) is 4.74 Å². The summed E-state index contributed by atoms with van der Waals surface area (Å²) in [6.07, 6.45) is 3.10. The van der Waals surface area contributed by atoms with Crippen LogP contribution in [0.1, 0.15) is 35.2 Å². The van der Waals surface area contributed by atoms with Crippen LogP contribution in [0.5, 0.6) is 5.75 Å². The predicted molar refractivity (Wildman–Crippen MR) is 105 cm³/mol. The van der Waals surface area contributed by atoms with Crippen molar-refractivity contribution in [1.29, 1.82) is 0 Å². The Kier molecular flexibility index (Phi) is 5.70. The number of hydrogen-bond acceptors (Lipinski definition) is 4. The van der Waals surface area contributed by atoms with E-state index in [2.05, 4.69) is 4.72 Å². The van der Waals surface area contributed by atoms with Gasteiger partial charge in [-0.25, -0.2) is 8.42 Å². The summed E-state index contributed by atoms with van der Waals surface area (Å²) in [4.78, 5) is 14.6. The van der Waals surface area contributed by atoms with Crippen LogP contribution in [0, 0.1) is 6.92 Å². The Morgan fingerprint density at radius 1 is 1.04 bits per heavy atom. The quantitative estimate of drug-likeness (QED) is 0.851. The van der Waals surface area contributed by atoms with E-state index in [1.54, 1.807) is 55.3 Å². The second-order valence-corrected chi connectivity index (χ2v) is 8.32. The highest BCUT2D eigenvalue weighted by atomic mass is 32.2. The van der Waals surface area contributed by atoms with Gasteiger partial charge in [0.15, 0.2) is 0 Å². The number of anilines is 1. The van der Waals surface area contributed by atoms with Crippen LogP contribution in [0.15, 0.2) is 47.4 Å². The average Bonchev–Trinajstić information content (AvgIpc) is 2.68. The third-order valence-corrected chi connectivity index (χ3v) is 6.23. The number of aryl methyl sites for hydroxylation is 1. The molecule has 0 bridgehead atoms. The zero-order valence-electron chi connectivity index (χ0n) is 15.6. The lowest BCUT2D eigenvalue weighted by molar-refractivity contribution is 0.0724. The molecule has 27 heavy (non-hydrogen) atoms. The fourth-order valence-electron chi connectivity index (χ4n) is 3.17. The van der Waals surface area contributed by atoms with Gasteiger partial charge in [-0.3, -0.25) is 9.52 Å². The molecule has 0 saturated carbocycles. The molecule has 3 rings (SSSR count). The molecule has 0 unspecified atom stereocenters. The molecule has 1 fully saturated rings. The number of likely N-dealkylation sites (tertiary alicyclic amines) is 1. The van der Waals surface area contributed by atoms with Crippen molar-refractivity contribution < 1.29 is 17.9 Å². The van der Waals surface area contributed by atoms with Crippen LogP contribution >= 0.6 is 0 Å². The molecule has 7 heteroatoms. The number of carbonyl (C=O) groups excluding carboxylic acids is 1. The zero-order valence-corrected chi connectivity index (χ0v) is 16.4. The van der Waals surface area contributed by atoms with Crippen molar-refractivity contribution in [3.63, 3.8) is 0 Å². The molecule has 0 atom stereocenters. The minimum Gasteiger partial charge on any atom is -0.497 e. The summed E-state index contributed by atoms with van der Waals surface area (Å²) in [6.45, 7) is 3.16. The van der Waals surface area contributed by atoms with Gasteiger partial charge in [0.05, 0.1) is 12.0 Å². The molecule has 6 nitrogen and oxygen atoms in total. The lowest BCUT2D eigenvalue weighted by Gasteiger charge is -2.27. The van der Waals surface area contributed by atoms with E-state index in [1.165, 1.54) is 6.07 Å². The molecule has 2 aromatic carbocycles. The molecule has 1 aliphatic heterocycles. The summed E-state index contributed by atoms with van der Waals surface area (Å²) in [6, 6.07) is 11.5. The lowest BCUT2D eigenvalue weighted by atomic mass is 10.1. The van der Waals surface area contributed by atoms with Gasteiger partial charge in [-0.05, 0) is 68.1 Å². The summed E-state index contributed by atoms with van der Waals surface area (Å²) in [5, 5.41) is 0. The summed E-state index contributed by atoms with van der Waals surface area (Å²) in [7, 11) is -2.26. The molecule has 0 aromatic heterocycles. The molecule has 0 aliphatic carbocycles. The Morgan fingerprint density at radius 3 is 2.33 bits per heavy atom. The number of sulfonamides is 1. The van der Waals surface area contributed by atoms with Crippen molar-refractivity contribution in [1.82, 2.24) is 4.90 Å². The second-order valence-electron chi connectivity index (χ2n) is 6.67. The normalized spacial score (nSPS) is 14.7. The number of rotatable bonds is 5. The van der Waals surface area contributed by atoms with E-state index in [9.17, 15) is 13.2 Å². The molecule has 1 amide bonds. The van der Waals surface area contributed by atoms with Gasteiger partial charge in [0, 0.05) is 24.3 Å². The van der Waals surface area contributed by atoms with Gasteiger partial charge in [0.2, 0.25) is 0 Å². The maximum absolute atomic E-state index is 12.9. The minimum atomic E-state index is -3.81. The fourth-order valence-corrected chi connectivity index (χ4v) is 4.50. The highest BCUT2D eigenvalue weighted by Crippen LogP contribution is 2.23. The molecular formula is C20H24N2O4S. The minimum absolute atomic E-state index is 0.112. The number of hydrogen-bond donors (Lipinski definition) is 1. The van der Waals surface area contributed by atoms with Gasteiger partial charge in [0.25, 0.3) is 15.9 Å². The van der Waals surface area contributed by atoms with Crippen LogP contribution in [0.2, 0.25) is 0 Å². The molecule has 1 heterocycles. The Balaban J connectivity index is 1.86. The molecule has 1 aliphatic rings. The Bertz CT molecular complexity index is 917. The first-order chi connectivity index (χ1) is 12.9. The van der Waals surface area contributed by atoms with Crippen molar-refractivity contribution >= 4 is 21.6 Å². The number of nitrogens with zero attached hydrogens (tertiary/aromatic N) is 1. The smallest absolute Gasteiger partial charge is 0.262 e. The number of nitrogens with one attached hydrogen (secondary N) is 1. The first kappa shape index (κ1) is 19.2. The molecule has 0 spiro atoms. The highest BCUT2D eigenvalue weighted by Gasteiger charge is 2.22. The predicted octanol–water partition coefficient (Wildman–Crippen LogP) is 3.43. The topological polar surface area (TPSA) is 75.7 Å². The summed E-state index contributed by atoms with van der Waals surface area (Å²) in [5.74, 6) is 0.527. The highest BCUT2D eigenvalue weighted by molar-refractivity contribution is 7.92. The van der Waals surface area contributed by atoms with E-state index in [1.807, 2.05) is 0 Å². The van der Waals surface area contributed by atoms with Crippen molar-refractivity contribution in [2.24, 2.45) is 0 Å². The van der Waals surface area contributed by atoms with Crippen LogP contribution < -0.4 is 9.46 Å². The van der Waals surface area contributed by atoms with Crippen LogP contribution in [0.25, 0.3) is 0 Å².